The molecule has 60 valence electrons. The number of amides is 1. The minimum atomic E-state index is -0.156. The van der Waals surface area contributed by atoms with Gasteiger partial charge in [0.2, 0.25) is 5.91 Å². The van der Waals surface area contributed by atoms with Crippen LogP contribution in [0.3, 0.4) is 0 Å². The van der Waals surface area contributed by atoms with E-state index in [4.69, 9.17) is 5.73 Å². The number of carbonyl (C=O) groups excluding carboxylic acids is 1. The summed E-state index contributed by atoms with van der Waals surface area (Å²) in [5.74, 6) is 0.494. The SMILES string of the molecule is CCC(CC(C)C)C(N)=O. The number of hydrogen-bond donors (Lipinski definition) is 1. The molecule has 2 heteroatoms. The van der Waals surface area contributed by atoms with Crippen molar-refractivity contribution in [3.63, 3.8) is 0 Å². The van der Waals surface area contributed by atoms with E-state index in [9.17, 15) is 4.79 Å². The molecule has 0 aliphatic carbocycles. The Hall–Kier alpha value is -0.530. The van der Waals surface area contributed by atoms with E-state index in [0.29, 0.717) is 5.92 Å². The summed E-state index contributed by atoms with van der Waals surface area (Å²) in [6.45, 7) is 6.20. The zero-order valence-corrected chi connectivity index (χ0v) is 7.05. The molecule has 0 heterocycles. The largest absolute Gasteiger partial charge is 0.369 e. The molecule has 0 saturated heterocycles. The fourth-order valence-corrected chi connectivity index (χ4v) is 1.05. The van der Waals surface area contributed by atoms with Crippen LogP contribution in [-0.4, -0.2) is 5.91 Å². The Morgan fingerprint density at radius 1 is 1.50 bits per heavy atom. The monoisotopic (exact) mass is 143 g/mol. The molecule has 0 saturated carbocycles. The van der Waals surface area contributed by atoms with E-state index >= 15 is 0 Å². The normalized spacial score (nSPS) is 13.6. The summed E-state index contributed by atoms with van der Waals surface area (Å²) in [7, 11) is 0. The lowest BCUT2D eigenvalue weighted by atomic mass is 9.94. The van der Waals surface area contributed by atoms with E-state index < -0.39 is 0 Å². The smallest absolute Gasteiger partial charge is 0.220 e. The third-order valence-electron chi connectivity index (χ3n) is 1.65. The summed E-state index contributed by atoms with van der Waals surface area (Å²) >= 11 is 0. The second kappa shape index (κ2) is 4.31. The molecule has 2 N–H and O–H groups in total. The van der Waals surface area contributed by atoms with Gasteiger partial charge in [0.15, 0.2) is 0 Å². The predicted molar refractivity (Wildman–Crippen MR) is 42.4 cm³/mol. The first-order chi connectivity index (χ1) is 4.57. The van der Waals surface area contributed by atoms with Crippen molar-refractivity contribution in [3.8, 4) is 0 Å². The minimum Gasteiger partial charge on any atom is -0.369 e. The molecule has 1 amide bonds. The van der Waals surface area contributed by atoms with Gasteiger partial charge in [-0.2, -0.15) is 0 Å². The van der Waals surface area contributed by atoms with Crippen molar-refractivity contribution in [1.82, 2.24) is 0 Å². The van der Waals surface area contributed by atoms with Crippen LogP contribution in [0, 0.1) is 11.8 Å². The average molecular weight is 143 g/mol. The molecule has 0 aliphatic rings. The molecule has 0 radical (unpaired) electrons. The van der Waals surface area contributed by atoms with Crippen LogP contribution in [0.15, 0.2) is 0 Å². The molecular weight excluding hydrogens is 126 g/mol. The third kappa shape index (κ3) is 3.49. The topological polar surface area (TPSA) is 43.1 Å². The van der Waals surface area contributed by atoms with Gasteiger partial charge in [-0.3, -0.25) is 4.79 Å². The van der Waals surface area contributed by atoms with E-state index in [2.05, 4.69) is 13.8 Å². The summed E-state index contributed by atoms with van der Waals surface area (Å²) < 4.78 is 0. The van der Waals surface area contributed by atoms with Crippen LogP contribution in [0.5, 0.6) is 0 Å². The van der Waals surface area contributed by atoms with Gasteiger partial charge in [-0.1, -0.05) is 20.8 Å². The molecule has 0 aromatic heterocycles. The summed E-state index contributed by atoms with van der Waals surface area (Å²) in [6.07, 6.45) is 1.79. The van der Waals surface area contributed by atoms with Crippen LogP contribution in [0.25, 0.3) is 0 Å². The second-order valence-corrected chi connectivity index (χ2v) is 3.14. The van der Waals surface area contributed by atoms with Gasteiger partial charge in [-0.25, -0.2) is 0 Å². The molecule has 0 fully saturated rings. The van der Waals surface area contributed by atoms with Crippen LogP contribution in [0.1, 0.15) is 33.6 Å². The molecule has 2 nitrogen and oxygen atoms in total. The highest BCUT2D eigenvalue weighted by molar-refractivity contribution is 5.76. The van der Waals surface area contributed by atoms with Crippen molar-refractivity contribution in [2.45, 2.75) is 33.6 Å². The maximum absolute atomic E-state index is 10.7. The number of rotatable bonds is 4. The maximum Gasteiger partial charge on any atom is 0.220 e. The molecule has 0 aliphatic heterocycles. The molecule has 0 spiro atoms. The van der Waals surface area contributed by atoms with Crippen LogP contribution in [0.2, 0.25) is 0 Å². The molecule has 1 atom stereocenters. The molecule has 0 aromatic carbocycles. The number of nitrogens with two attached hydrogens (primary N) is 1. The van der Waals surface area contributed by atoms with E-state index in [0.717, 1.165) is 12.8 Å². The third-order valence-corrected chi connectivity index (χ3v) is 1.65. The Kier molecular flexibility index (Phi) is 4.08. The van der Waals surface area contributed by atoms with E-state index in [1.165, 1.54) is 0 Å². The highest BCUT2D eigenvalue weighted by atomic mass is 16.1. The number of hydrogen-bond acceptors (Lipinski definition) is 1. The highest BCUT2D eigenvalue weighted by Gasteiger charge is 2.13. The summed E-state index contributed by atoms with van der Waals surface area (Å²) in [5, 5.41) is 0. The maximum atomic E-state index is 10.7. The van der Waals surface area contributed by atoms with E-state index in [-0.39, 0.29) is 11.8 Å². The van der Waals surface area contributed by atoms with Gasteiger partial charge in [0, 0.05) is 5.92 Å². The van der Waals surface area contributed by atoms with Crippen molar-refractivity contribution in [3.05, 3.63) is 0 Å². The lowest BCUT2D eigenvalue weighted by Crippen LogP contribution is -2.23. The van der Waals surface area contributed by atoms with Crippen LogP contribution in [-0.2, 0) is 4.79 Å². The fourth-order valence-electron chi connectivity index (χ4n) is 1.05. The van der Waals surface area contributed by atoms with Gasteiger partial charge >= 0.3 is 0 Å². The molecule has 0 bridgehead atoms. The van der Waals surface area contributed by atoms with Crippen molar-refractivity contribution < 1.29 is 4.79 Å². The van der Waals surface area contributed by atoms with Crippen LogP contribution in [0.4, 0.5) is 0 Å². The van der Waals surface area contributed by atoms with E-state index in [1.54, 1.807) is 0 Å². The van der Waals surface area contributed by atoms with Crippen LogP contribution < -0.4 is 5.73 Å². The Morgan fingerprint density at radius 3 is 2.10 bits per heavy atom. The molecule has 10 heavy (non-hydrogen) atoms. The van der Waals surface area contributed by atoms with Crippen molar-refractivity contribution in [1.29, 1.82) is 0 Å². The van der Waals surface area contributed by atoms with Gasteiger partial charge < -0.3 is 5.73 Å². The van der Waals surface area contributed by atoms with Gasteiger partial charge in [0.25, 0.3) is 0 Å². The Labute approximate surface area is 62.8 Å². The standard InChI is InChI=1S/C8H17NO/c1-4-7(8(9)10)5-6(2)3/h6-7H,4-5H2,1-3H3,(H2,9,10). The Morgan fingerprint density at radius 2 is 2.00 bits per heavy atom. The average Bonchev–Trinajstić information content (AvgIpc) is 1.81. The van der Waals surface area contributed by atoms with E-state index in [1.807, 2.05) is 6.92 Å². The molecular formula is C8H17NO. The van der Waals surface area contributed by atoms with Crippen LogP contribution >= 0.6 is 0 Å². The quantitative estimate of drug-likeness (QED) is 0.637. The zero-order valence-electron chi connectivity index (χ0n) is 7.05. The summed E-state index contributed by atoms with van der Waals surface area (Å²) in [6, 6.07) is 0. The molecule has 0 aromatic rings. The zero-order chi connectivity index (χ0) is 8.15. The Balaban J connectivity index is 3.72. The summed E-state index contributed by atoms with van der Waals surface area (Å²) in [5.41, 5.74) is 5.16. The molecule has 1 unspecified atom stereocenters. The Bertz CT molecular complexity index is 110. The first-order valence-corrected chi connectivity index (χ1v) is 3.87. The fraction of sp³-hybridized carbons (Fsp3) is 0.875. The van der Waals surface area contributed by atoms with Crippen molar-refractivity contribution in [2.75, 3.05) is 0 Å². The minimum absolute atomic E-state index is 0.0833. The second-order valence-electron chi connectivity index (χ2n) is 3.14. The number of primary amides is 1. The van der Waals surface area contributed by atoms with Gasteiger partial charge in [-0.05, 0) is 18.8 Å². The van der Waals surface area contributed by atoms with Gasteiger partial charge in [-0.15, -0.1) is 0 Å². The first kappa shape index (κ1) is 9.47. The number of carbonyl (C=O) groups is 1. The van der Waals surface area contributed by atoms with Crippen molar-refractivity contribution in [2.24, 2.45) is 17.6 Å². The first-order valence-electron chi connectivity index (χ1n) is 3.87. The molecule has 0 rings (SSSR count). The summed E-state index contributed by atoms with van der Waals surface area (Å²) in [4.78, 5) is 10.7. The highest BCUT2D eigenvalue weighted by Crippen LogP contribution is 2.13. The predicted octanol–water partition coefficient (Wildman–Crippen LogP) is 1.54. The van der Waals surface area contributed by atoms with Gasteiger partial charge in [0.1, 0.15) is 0 Å². The lowest BCUT2D eigenvalue weighted by Gasteiger charge is -2.12. The lowest BCUT2D eigenvalue weighted by molar-refractivity contribution is -0.122. The van der Waals surface area contributed by atoms with Crippen molar-refractivity contribution >= 4 is 5.91 Å². The van der Waals surface area contributed by atoms with Gasteiger partial charge in [0.05, 0.1) is 0 Å².